The molecule has 114 valence electrons. The number of hydrogen-bond donors (Lipinski definition) is 1. The van der Waals surface area contributed by atoms with Crippen molar-refractivity contribution in [2.45, 2.75) is 18.4 Å². The summed E-state index contributed by atoms with van der Waals surface area (Å²) in [4.78, 5) is 15.2. The number of aromatic nitrogens is 2. The van der Waals surface area contributed by atoms with E-state index in [9.17, 15) is 13.2 Å². The lowest BCUT2D eigenvalue weighted by atomic mass is 10.4. The summed E-state index contributed by atoms with van der Waals surface area (Å²) in [5.74, 6) is -1.17. The number of sulfonamides is 1. The Bertz CT molecular complexity index is 776. The lowest BCUT2D eigenvalue weighted by Gasteiger charge is -2.14. The molecule has 2 aromatic heterocycles. The summed E-state index contributed by atoms with van der Waals surface area (Å²) in [6, 6.07) is 1.15. The second-order valence-corrected chi connectivity index (χ2v) is 7.70. The molecular weight excluding hydrogens is 314 g/mol. The molecular formula is C12H15N3O4S2. The zero-order valence-corrected chi connectivity index (χ0v) is 13.4. The van der Waals surface area contributed by atoms with Crippen molar-refractivity contribution in [1.82, 2.24) is 13.9 Å². The highest BCUT2D eigenvalue weighted by Crippen LogP contribution is 2.20. The summed E-state index contributed by atoms with van der Waals surface area (Å²) in [6.07, 6.45) is 1.29. The molecule has 7 nitrogen and oxygen atoms in total. The van der Waals surface area contributed by atoms with Crippen LogP contribution in [0.15, 0.2) is 22.5 Å². The van der Waals surface area contributed by atoms with Gasteiger partial charge in [0.05, 0.1) is 17.2 Å². The maximum Gasteiger partial charge on any atom is 0.352 e. The van der Waals surface area contributed by atoms with Crippen LogP contribution in [0.3, 0.4) is 0 Å². The molecule has 0 aliphatic carbocycles. The molecule has 0 unspecified atom stereocenters. The van der Waals surface area contributed by atoms with Crippen LogP contribution >= 0.6 is 11.3 Å². The normalized spacial score (nSPS) is 12.0. The maximum atomic E-state index is 12.4. The largest absolute Gasteiger partial charge is 0.477 e. The Hall–Kier alpha value is -1.71. The highest BCUT2D eigenvalue weighted by Gasteiger charge is 2.25. The van der Waals surface area contributed by atoms with Crippen molar-refractivity contribution in [3.63, 3.8) is 0 Å². The van der Waals surface area contributed by atoms with E-state index in [0.717, 1.165) is 15.4 Å². The molecule has 0 radical (unpaired) electrons. The number of aromatic carboxylic acids is 1. The van der Waals surface area contributed by atoms with E-state index >= 15 is 0 Å². The van der Waals surface area contributed by atoms with Crippen LogP contribution in [0.5, 0.6) is 0 Å². The molecule has 0 bridgehead atoms. The number of nitrogens with zero attached hydrogens (tertiary/aromatic N) is 3. The number of rotatable bonds is 5. The van der Waals surface area contributed by atoms with Crippen LogP contribution < -0.4 is 0 Å². The fourth-order valence-corrected chi connectivity index (χ4v) is 3.68. The number of thiazole rings is 1. The van der Waals surface area contributed by atoms with Gasteiger partial charge in [0.15, 0.2) is 0 Å². The quantitative estimate of drug-likeness (QED) is 0.893. The van der Waals surface area contributed by atoms with Gasteiger partial charge in [0.1, 0.15) is 10.6 Å². The molecule has 9 heteroatoms. The van der Waals surface area contributed by atoms with Crippen LogP contribution in [0.25, 0.3) is 0 Å². The smallest absolute Gasteiger partial charge is 0.352 e. The van der Waals surface area contributed by atoms with Gasteiger partial charge in [-0.2, -0.15) is 4.31 Å². The van der Waals surface area contributed by atoms with Gasteiger partial charge in [-0.3, -0.25) is 0 Å². The molecule has 0 aliphatic heterocycles. The Morgan fingerprint density at radius 3 is 2.67 bits per heavy atom. The van der Waals surface area contributed by atoms with Gasteiger partial charge in [-0.25, -0.2) is 18.2 Å². The van der Waals surface area contributed by atoms with Crippen LogP contribution in [-0.2, 0) is 23.6 Å². The van der Waals surface area contributed by atoms with Crippen molar-refractivity contribution in [2.75, 3.05) is 7.05 Å². The van der Waals surface area contributed by atoms with E-state index in [-0.39, 0.29) is 17.1 Å². The lowest BCUT2D eigenvalue weighted by molar-refractivity contribution is 0.0686. The zero-order valence-electron chi connectivity index (χ0n) is 11.8. The van der Waals surface area contributed by atoms with Gasteiger partial charge in [0.25, 0.3) is 0 Å². The number of carboxylic acids is 1. The SMILES string of the molecule is Cc1nc(CN(C)S(=O)(=O)c2cc(C(=O)O)n(C)c2)cs1. The summed E-state index contributed by atoms with van der Waals surface area (Å²) in [5, 5.41) is 11.6. The van der Waals surface area contributed by atoms with Crippen molar-refractivity contribution in [1.29, 1.82) is 0 Å². The Kier molecular flexibility index (Phi) is 4.17. The third-order valence-corrected chi connectivity index (χ3v) is 5.55. The highest BCUT2D eigenvalue weighted by molar-refractivity contribution is 7.89. The highest BCUT2D eigenvalue weighted by atomic mass is 32.2. The van der Waals surface area contributed by atoms with Gasteiger partial charge in [-0.1, -0.05) is 0 Å². The molecule has 2 aromatic rings. The van der Waals surface area contributed by atoms with Crippen LogP contribution in [0.2, 0.25) is 0 Å². The second kappa shape index (κ2) is 5.58. The second-order valence-electron chi connectivity index (χ2n) is 4.60. The van der Waals surface area contributed by atoms with E-state index in [0.29, 0.717) is 5.69 Å². The fraction of sp³-hybridized carbons (Fsp3) is 0.333. The van der Waals surface area contributed by atoms with Crippen LogP contribution in [-0.4, -0.2) is 40.4 Å². The van der Waals surface area contributed by atoms with Gasteiger partial charge in [0, 0.05) is 25.7 Å². The molecule has 0 amide bonds. The van der Waals surface area contributed by atoms with Crippen LogP contribution in [0, 0.1) is 6.92 Å². The Morgan fingerprint density at radius 2 is 2.19 bits per heavy atom. The number of carbonyl (C=O) groups is 1. The molecule has 0 aliphatic rings. The molecule has 0 fully saturated rings. The molecule has 0 atom stereocenters. The van der Waals surface area contributed by atoms with Gasteiger partial charge >= 0.3 is 5.97 Å². The molecule has 1 N–H and O–H groups in total. The van der Waals surface area contributed by atoms with Crippen molar-refractivity contribution in [3.05, 3.63) is 34.0 Å². The van der Waals surface area contributed by atoms with Crippen molar-refractivity contribution < 1.29 is 18.3 Å². The van der Waals surface area contributed by atoms with Gasteiger partial charge < -0.3 is 9.67 Å². The Balaban J connectivity index is 2.28. The first-order valence-electron chi connectivity index (χ1n) is 5.99. The summed E-state index contributed by atoms with van der Waals surface area (Å²) in [6.45, 7) is 1.99. The predicted octanol–water partition coefficient (Wildman–Crippen LogP) is 1.31. The van der Waals surface area contributed by atoms with E-state index < -0.39 is 16.0 Å². The summed E-state index contributed by atoms with van der Waals surface area (Å²) >= 11 is 1.45. The molecule has 2 rings (SSSR count). The minimum absolute atomic E-state index is 0.0446. The molecule has 0 spiro atoms. The fourth-order valence-electron chi connectivity index (χ4n) is 1.86. The van der Waals surface area contributed by atoms with Gasteiger partial charge in [-0.05, 0) is 13.0 Å². The molecule has 0 saturated heterocycles. The van der Waals surface area contributed by atoms with E-state index in [1.54, 1.807) is 5.38 Å². The van der Waals surface area contributed by atoms with E-state index in [1.807, 2.05) is 6.92 Å². The first kappa shape index (κ1) is 15.7. The first-order chi connectivity index (χ1) is 9.71. The van der Waals surface area contributed by atoms with E-state index in [2.05, 4.69) is 4.98 Å². The average molecular weight is 329 g/mol. The van der Waals surface area contributed by atoms with Crippen molar-refractivity contribution in [2.24, 2.45) is 7.05 Å². The lowest BCUT2D eigenvalue weighted by Crippen LogP contribution is -2.26. The monoisotopic (exact) mass is 329 g/mol. The standard InChI is InChI=1S/C12H15N3O4S2/c1-8-13-9(7-20-8)5-15(3)21(18,19)10-4-11(12(16)17)14(2)6-10/h4,6-7H,5H2,1-3H3,(H,16,17). The summed E-state index contributed by atoms with van der Waals surface area (Å²) in [7, 11) is -0.815. The average Bonchev–Trinajstić information content (AvgIpc) is 2.95. The topological polar surface area (TPSA) is 92.5 Å². The molecule has 2 heterocycles. The van der Waals surface area contributed by atoms with Gasteiger partial charge in [-0.15, -0.1) is 11.3 Å². The Labute approximate surface area is 126 Å². The summed E-state index contributed by atoms with van der Waals surface area (Å²) in [5.41, 5.74) is 0.587. The number of carboxylic acid groups (broad SMARTS) is 1. The van der Waals surface area contributed by atoms with E-state index in [1.165, 1.54) is 36.2 Å². The molecule has 0 saturated carbocycles. The third-order valence-electron chi connectivity index (χ3n) is 2.96. The third kappa shape index (κ3) is 3.14. The number of aryl methyl sites for hydroxylation is 2. The minimum atomic E-state index is -3.75. The van der Waals surface area contributed by atoms with Crippen molar-refractivity contribution in [3.8, 4) is 0 Å². The zero-order chi connectivity index (χ0) is 15.8. The predicted molar refractivity (Wildman–Crippen MR) is 77.9 cm³/mol. The van der Waals surface area contributed by atoms with Gasteiger partial charge in [0.2, 0.25) is 10.0 Å². The first-order valence-corrected chi connectivity index (χ1v) is 8.31. The van der Waals surface area contributed by atoms with Crippen molar-refractivity contribution >= 4 is 27.3 Å². The number of hydrogen-bond acceptors (Lipinski definition) is 5. The van der Waals surface area contributed by atoms with Crippen LogP contribution in [0.4, 0.5) is 0 Å². The summed E-state index contributed by atoms with van der Waals surface area (Å²) < 4.78 is 27.3. The molecule has 21 heavy (non-hydrogen) atoms. The molecule has 0 aromatic carbocycles. The Morgan fingerprint density at radius 1 is 1.52 bits per heavy atom. The van der Waals surface area contributed by atoms with E-state index in [4.69, 9.17) is 5.11 Å². The minimum Gasteiger partial charge on any atom is -0.477 e. The maximum absolute atomic E-state index is 12.4. The van der Waals surface area contributed by atoms with Crippen LogP contribution in [0.1, 0.15) is 21.2 Å².